The Balaban J connectivity index is 1.45. The standard InChI is InChI=1S/C25H22FN5O/c26-19-3-1-18(2-4-19)23-14-29-15-24-22(23)7-10-31(24)16-17-11-20(13-27)30-25(12-17)32-21-5-8-28-9-6-21/h1-4,7,10-12,14-15,21,28H,5-6,8-9,16H2. The van der Waals surface area contributed by atoms with Gasteiger partial charge in [-0.05, 0) is 61.3 Å². The smallest absolute Gasteiger partial charge is 0.215 e. The molecule has 32 heavy (non-hydrogen) atoms. The van der Waals surface area contributed by atoms with Crippen molar-refractivity contribution in [2.24, 2.45) is 0 Å². The number of ether oxygens (including phenoxy) is 1. The van der Waals surface area contributed by atoms with Crippen LogP contribution in [0, 0.1) is 17.1 Å². The fourth-order valence-corrected chi connectivity index (χ4v) is 4.15. The fourth-order valence-electron chi connectivity index (χ4n) is 4.15. The number of hydrogen-bond donors (Lipinski definition) is 1. The maximum Gasteiger partial charge on any atom is 0.215 e. The number of hydrogen-bond acceptors (Lipinski definition) is 5. The lowest BCUT2D eigenvalue weighted by atomic mass is 10.0. The highest BCUT2D eigenvalue weighted by Crippen LogP contribution is 2.29. The van der Waals surface area contributed by atoms with E-state index in [1.54, 1.807) is 24.4 Å². The van der Waals surface area contributed by atoms with E-state index in [9.17, 15) is 9.65 Å². The van der Waals surface area contributed by atoms with Crippen LogP contribution in [0.15, 0.2) is 61.1 Å². The molecule has 4 aromatic rings. The lowest BCUT2D eigenvalue weighted by Crippen LogP contribution is -2.34. The molecule has 0 amide bonds. The van der Waals surface area contributed by atoms with E-state index in [1.165, 1.54) is 12.1 Å². The summed E-state index contributed by atoms with van der Waals surface area (Å²) in [5, 5.41) is 13.8. The highest BCUT2D eigenvalue weighted by atomic mass is 19.1. The number of nitriles is 1. The van der Waals surface area contributed by atoms with E-state index in [2.05, 4.69) is 25.9 Å². The second-order valence-electron chi connectivity index (χ2n) is 7.95. The molecule has 0 saturated carbocycles. The number of rotatable bonds is 5. The number of nitrogens with zero attached hydrogens (tertiary/aromatic N) is 4. The van der Waals surface area contributed by atoms with Gasteiger partial charge in [-0.15, -0.1) is 0 Å². The molecule has 1 aliphatic heterocycles. The van der Waals surface area contributed by atoms with Crippen LogP contribution in [0.4, 0.5) is 4.39 Å². The van der Waals surface area contributed by atoms with E-state index < -0.39 is 0 Å². The lowest BCUT2D eigenvalue weighted by molar-refractivity contribution is 0.155. The monoisotopic (exact) mass is 427 g/mol. The van der Waals surface area contributed by atoms with Crippen molar-refractivity contribution < 1.29 is 9.13 Å². The molecular weight excluding hydrogens is 405 g/mol. The molecule has 7 heteroatoms. The number of nitrogens with one attached hydrogen (secondary N) is 1. The van der Waals surface area contributed by atoms with Gasteiger partial charge in [0.25, 0.3) is 0 Å². The molecule has 1 aliphatic rings. The molecule has 0 aliphatic carbocycles. The summed E-state index contributed by atoms with van der Waals surface area (Å²) in [5.74, 6) is 0.229. The van der Waals surface area contributed by atoms with Gasteiger partial charge in [-0.3, -0.25) is 4.98 Å². The Hall–Kier alpha value is -3.76. The van der Waals surface area contributed by atoms with Crippen LogP contribution in [0.5, 0.6) is 5.88 Å². The van der Waals surface area contributed by atoms with Crippen molar-refractivity contribution in [2.45, 2.75) is 25.5 Å². The second kappa shape index (κ2) is 8.77. The van der Waals surface area contributed by atoms with Crippen LogP contribution in [-0.2, 0) is 6.54 Å². The molecular formula is C25H22FN5O. The molecule has 6 nitrogen and oxygen atoms in total. The van der Waals surface area contributed by atoms with E-state index in [-0.39, 0.29) is 11.9 Å². The highest BCUT2D eigenvalue weighted by molar-refractivity contribution is 5.94. The third-order valence-electron chi connectivity index (χ3n) is 5.76. The molecule has 160 valence electrons. The molecule has 1 fully saturated rings. The quantitative estimate of drug-likeness (QED) is 0.514. The Morgan fingerprint density at radius 3 is 2.72 bits per heavy atom. The zero-order valence-corrected chi connectivity index (χ0v) is 17.5. The van der Waals surface area contributed by atoms with Gasteiger partial charge in [0.1, 0.15) is 23.7 Å². The van der Waals surface area contributed by atoms with E-state index in [0.29, 0.717) is 18.1 Å². The normalized spacial score (nSPS) is 14.4. The number of fused-ring (bicyclic) bond motifs is 1. The molecule has 0 bridgehead atoms. The molecule has 5 rings (SSSR count). The van der Waals surface area contributed by atoms with Crippen molar-refractivity contribution in [3.63, 3.8) is 0 Å². The predicted octanol–water partition coefficient (Wildman–Crippen LogP) is 4.29. The van der Waals surface area contributed by atoms with Crippen LogP contribution >= 0.6 is 0 Å². The van der Waals surface area contributed by atoms with Crippen molar-refractivity contribution in [2.75, 3.05) is 13.1 Å². The van der Waals surface area contributed by atoms with Gasteiger partial charge in [-0.1, -0.05) is 12.1 Å². The summed E-state index contributed by atoms with van der Waals surface area (Å²) < 4.78 is 21.5. The minimum absolute atomic E-state index is 0.111. The molecule has 1 N–H and O–H groups in total. The van der Waals surface area contributed by atoms with Gasteiger partial charge in [0.15, 0.2) is 0 Å². The first-order valence-corrected chi connectivity index (χ1v) is 10.7. The molecule has 4 heterocycles. The maximum absolute atomic E-state index is 13.3. The lowest BCUT2D eigenvalue weighted by Gasteiger charge is -2.23. The van der Waals surface area contributed by atoms with Gasteiger partial charge >= 0.3 is 0 Å². The third kappa shape index (κ3) is 4.18. The molecule has 0 unspecified atom stereocenters. The minimum atomic E-state index is -0.264. The first-order chi connectivity index (χ1) is 15.7. The summed E-state index contributed by atoms with van der Waals surface area (Å²) in [6.07, 6.45) is 7.58. The van der Waals surface area contributed by atoms with Gasteiger partial charge in [-0.25, -0.2) is 9.37 Å². The number of halogens is 1. The average molecular weight is 427 g/mol. The number of aromatic nitrogens is 3. The Morgan fingerprint density at radius 2 is 1.94 bits per heavy atom. The van der Waals surface area contributed by atoms with Gasteiger partial charge in [-0.2, -0.15) is 5.26 Å². The molecule has 3 aromatic heterocycles. The summed E-state index contributed by atoms with van der Waals surface area (Å²) in [6, 6.07) is 14.3. The minimum Gasteiger partial charge on any atom is -0.474 e. The van der Waals surface area contributed by atoms with Crippen molar-refractivity contribution >= 4 is 10.9 Å². The molecule has 0 spiro atoms. The largest absolute Gasteiger partial charge is 0.474 e. The van der Waals surface area contributed by atoms with Gasteiger partial charge in [0.05, 0.1) is 11.7 Å². The SMILES string of the molecule is N#Cc1cc(Cn2ccc3c(-c4ccc(F)cc4)cncc32)cc(OC2CCNCC2)n1. The van der Waals surface area contributed by atoms with Crippen molar-refractivity contribution in [3.05, 3.63) is 78.1 Å². The summed E-state index contributed by atoms with van der Waals surface area (Å²) in [6.45, 7) is 2.40. The Bertz CT molecular complexity index is 1290. The van der Waals surface area contributed by atoms with Crippen LogP contribution in [0.3, 0.4) is 0 Å². The van der Waals surface area contributed by atoms with E-state index >= 15 is 0 Å². The first kappa shape index (κ1) is 20.2. The highest BCUT2D eigenvalue weighted by Gasteiger charge is 2.16. The van der Waals surface area contributed by atoms with Crippen molar-refractivity contribution in [3.8, 4) is 23.1 Å². The molecule has 1 aromatic carbocycles. The van der Waals surface area contributed by atoms with Crippen molar-refractivity contribution in [1.29, 1.82) is 5.26 Å². The summed E-state index contributed by atoms with van der Waals surface area (Å²) >= 11 is 0. The third-order valence-corrected chi connectivity index (χ3v) is 5.76. The van der Waals surface area contributed by atoms with Gasteiger partial charge in [0, 0.05) is 36.0 Å². The number of pyridine rings is 2. The van der Waals surface area contributed by atoms with Crippen LogP contribution in [0.2, 0.25) is 0 Å². The Morgan fingerprint density at radius 1 is 1.12 bits per heavy atom. The second-order valence-corrected chi connectivity index (χ2v) is 7.95. The van der Waals surface area contributed by atoms with Gasteiger partial charge < -0.3 is 14.6 Å². The first-order valence-electron chi connectivity index (χ1n) is 10.7. The fraction of sp³-hybridized carbons (Fsp3) is 0.240. The molecule has 0 atom stereocenters. The summed E-state index contributed by atoms with van der Waals surface area (Å²) in [7, 11) is 0. The Kier molecular flexibility index (Phi) is 5.53. The summed E-state index contributed by atoms with van der Waals surface area (Å²) in [5.41, 5.74) is 4.10. The van der Waals surface area contributed by atoms with E-state index in [1.807, 2.05) is 24.5 Å². The number of piperidine rings is 1. The van der Waals surface area contributed by atoms with Gasteiger partial charge in [0.2, 0.25) is 5.88 Å². The topological polar surface area (TPSA) is 75.8 Å². The van der Waals surface area contributed by atoms with E-state index in [0.717, 1.165) is 53.5 Å². The molecule has 0 radical (unpaired) electrons. The molecule has 1 saturated heterocycles. The van der Waals surface area contributed by atoms with Crippen LogP contribution in [-0.4, -0.2) is 33.7 Å². The number of benzene rings is 1. The zero-order chi connectivity index (χ0) is 21.9. The zero-order valence-electron chi connectivity index (χ0n) is 17.5. The van der Waals surface area contributed by atoms with Crippen LogP contribution in [0.25, 0.3) is 22.0 Å². The maximum atomic E-state index is 13.3. The summed E-state index contributed by atoms with van der Waals surface area (Å²) in [4.78, 5) is 8.75. The van der Waals surface area contributed by atoms with Crippen LogP contribution in [0.1, 0.15) is 24.1 Å². The predicted molar refractivity (Wildman–Crippen MR) is 120 cm³/mol. The Labute approximate surface area is 185 Å². The van der Waals surface area contributed by atoms with E-state index in [4.69, 9.17) is 4.74 Å². The van der Waals surface area contributed by atoms with Crippen molar-refractivity contribution in [1.82, 2.24) is 19.9 Å². The van der Waals surface area contributed by atoms with Crippen LogP contribution < -0.4 is 10.1 Å². The average Bonchev–Trinajstić information content (AvgIpc) is 3.23.